The smallest absolute Gasteiger partial charge is 0.348 e. The van der Waals surface area contributed by atoms with Crippen molar-refractivity contribution in [1.29, 1.82) is 5.26 Å². The maximum absolute atomic E-state index is 12.1. The Labute approximate surface area is 144 Å². The second kappa shape index (κ2) is 8.09. The van der Waals surface area contributed by atoms with Crippen molar-refractivity contribution in [2.75, 3.05) is 11.9 Å². The lowest BCUT2D eigenvalue weighted by Gasteiger charge is -1.99. The molecule has 0 atom stereocenters. The van der Waals surface area contributed by atoms with E-state index in [4.69, 9.17) is 4.74 Å². The number of benzene rings is 1. The zero-order chi connectivity index (χ0) is 17.5. The number of esters is 1. The Kier molecular flexibility index (Phi) is 5.88. The first-order valence-corrected chi connectivity index (χ1v) is 8.13. The summed E-state index contributed by atoms with van der Waals surface area (Å²) in [4.78, 5) is 24.3. The summed E-state index contributed by atoms with van der Waals surface area (Å²) in [6, 6.07) is 11.4. The number of thiophene rings is 1. The molecule has 0 aliphatic rings. The van der Waals surface area contributed by atoms with E-state index in [1.165, 1.54) is 6.08 Å². The van der Waals surface area contributed by atoms with Crippen LogP contribution in [0.2, 0.25) is 0 Å². The third kappa shape index (κ3) is 4.09. The lowest BCUT2D eigenvalue weighted by molar-refractivity contribution is -0.111. The van der Waals surface area contributed by atoms with Gasteiger partial charge in [-0.25, -0.2) is 4.79 Å². The summed E-state index contributed by atoms with van der Waals surface area (Å²) in [6.07, 6.45) is 3.06. The standard InChI is InChI=1S/C18H16N2O3S/c1-3-23-18(22)16-12(2)14(11-19)17(24-16)20-15(21)10-9-13-7-5-4-6-8-13/h4-10H,3H2,1-2H3,(H,20,21). The maximum Gasteiger partial charge on any atom is 0.348 e. The Morgan fingerprint density at radius 2 is 2.04 bits per heavy atom. The molecular formula is C18H16N2O3S. The van der Waals surface area contributed by atoms with Gasteiger partial charge in [-0.1, -0.05) is 30.3 Å². The van der Waals surface area contributed by atoms with Crippen LogP contribution in [-0.4, -0.2) is 18.5 Å². The van der Waals surface area contributed by atoms with Gasteiger partial charge in [0, 0.05) is 6.08 Å². The minimum atomic E-state index is -0.489. The predicted octanol–water partition coefficient (Wildman–Crippen LogP) is 3.76. The summed E-state index contributed by atoms with van der Waals surface area (Å²) in [5.41, 5.74) is 1.69. The molecule has 0 fully saturated rings. The molecule has 0 radical (unpaired) electrons. The van der Waals surface area contributed by atoms with Crippen LogP contribution in [0.15, 0.2) is 36.4 Å². The van der Waals surface area contributed by atoms with Crippen molar-refractivity contribution in [3.05, 3.63) is 58.0 Å². The zero-order valence-electron chi connectivity index (χ0n) is 13.3. The van der Waals surface area contributed by atoms with Gasteiger partial charge in [0.1, 0.15) is 15.9 Å². The number of carbonyl (C=O) groups excluding carboxylic acids is 2. The van der Waals surface area contributed by atoms with Crippen molar-refractivity contribution >= 4 is 34.3 Å². The van der Waals surface area contributed by atoms with Crippen molar-refractivity contribution in [3.63, 3.8) is 0 Å². The highest BCUT2D eigenvalue weighted by atomic mass is 32.1. The molecule has 6 heteroatoms. The fourth-order valence-electron chi connectivity index (χ4n) is 2.02. The first kappa shape index (κ1) is 17.4. The van der Waals surface area contributed by atoms with Crippen LogP contribution in [0.5, 0.6) is 0 Å². The molecule has 1 N–H and O–H groups in total. The quantitative estimate of drug-likeness (QED) is 0.664. The highest BCUT2D eigenvalue weighted by Gasteiger charge is 2.21. The van der Waals surface area contributed by atoms with Crippen LogP contribution < -0.4 is 5.32 Å². The van der Waals surface area contributed by atoms with Crippen LogP contribution in [-0.2, 0) is 9.53 Å². The Morgan fingerprint density at radius 3 is 2.67 bits per heavy atom. The van der Waals surface area contributed by atoms with Crippen molar-refractivity contribution in [2.24, 2.45) is 0 Å². The Hall–Kier alpha value is -2.91. The van der Waals surface area contributed by atoms with Crippen LogP contribution in [0, 0.1) is 18.3 Å². The molecular weight excluding hydrogens is 324 g/mol. The van der Waals surface area contributed by atoms with Gasteiger partial charge in [0.15, 0.2) is 0 Å². The number of hydrogen-bond donors (Lipinski definition) is 1. The number of ether oxygens (including phenoxy) is 1. The van der Waals surface area contributed by atoms with E-state index in [2.05, 4.69) is 5.32 Å². The number of nitrogens with one attached hydrogen (secondary N) is 1. The van der Waals surface area contributed by atoms with E-state index in [1.54, 1.807) is 19.9 Å². The zero-order valence-corrected chi connectivity index (χ0v) is 14.1. The second-order valence-corrected chi connectivity index (χ2v) is 5.85. The van der Waals surface area contributed by atoms with Crippen molar-refractivity contribution in [3.8, 4) is 6.07 Å². The Morgan fingerprint density at radius 1 is 1.33 bits per heavy atom. The number of carbonyl (C=O) groups is 2. The third-order valence-corrected chi connectivity index (χ3v) is 4.37. The molecule has 0 saturated heterocycles. The van der Waals surface area contributed by atoms with Gasteiger partial charge in [-0.15, -0.1) is 11.3 Å². The summed E-state index contributed by atoms with van der Waals surface area (Å²) in [5.74, 6) is -0.858. The molecule has 2 aromatic rings. The van der Waals surface area contributed by atoms with Gasteiger partial charge in [0.2, 0.25) is 5.91 Å². The first-order valence-electron chi connectivity index (χ1n) is 7.31. The molecule has 0 aliphatic carbocycles. The molecule has 122 valence electrons. The van der Waals surface area contributed by atoms with E-state index < -0.39 is 5.97 Å². The number of nitriles is 1. The van der Waals surface area contributed by atoms with E-state index in [9.17, 15) is 14.9 Å². The minimum absolute atomic E-state index is 0.250. The van der Waals surface area contributed by atoms with Crippen LogP contribution in [0.1, 0.15) is 33.3 Å². The van der Waals surface area contributed by atoms with E-state index in [0.29, 0.717) is 15.4 Å². The van der Waals surface area contributed by atoms with Gasteiger partial charge in [-0.3, -0.25) is 4.79 Å². The number of rotatable bonds is 5. The molecule has 2 rings (SSSR count). The highest BCUT2D eigenvalue weighted by molar-refractivity contribution is 7.18. The number of amides is 1. The molecule has 1 heterocycles. The number of nitrogens with zero attached hydrogens (tertiary/aromatic N) is 1. The summed E-state index contributed by atoms with van der Waals surface area (Å²) in [6.45, 7) is 3.62. The monoisotopic (exact) mass is 340 g/mol. The van der Waals surface area contributed by atoms with Crippen molar-refractivity contribution in [1.82, 2.24) is 0 Å². The third-order valence-electron chi connectivity index (χ3n) is 3.18. The Balaban J connectivity index is 2.18. The van der Waals surface area contributed by atoms with Gasteiger partial charge < -0.3 is 10.1 Å². The molecule has 0 bridgehead atoms. The molecule has 0 saturated carbocycles. The number of hydrogen-bond acceptors (Lipinski definition) is 5. The van der Waals surface area contributed by atoms with E-state index in [0.717, 1.165) is 16.9 Å². The average molecular weight is 340 g/mol. The van der Waals surface area contributed by atoms with Gasteiger partial charge in [-0.05, 0) is 31.1 Å². The van der Waals surface area contributed by atoms with Crippen molar-refractivity contribution in [2.45, 2.75) is 13.8 Å². The maximum atomic E-state index is 12.1. The second-order valence-electron chi connectivity index (χ2n) is 4.83. The van der Waals surface area contributed by atoms with Crippen LogP contribution in [0.4, 0.5) is 5.00 Å². The lowest BCUT2D eigenvalue weighted by atomic mass is 10.1. The summed E-state index contributed by atoms with van der Waals surface area (Å²) in [5, 5.41) is 12.3. The molecule has 1 aromatic carbocycles. The SMILES string of the molecule is CCOC(=O)c1sc(NC(=O)C=Cc2ccccc2)c(C#N)c1C. The minimum Gasteiger partial charge on any atom is -0.462 e. The summed E-state index contributed by atoms with van der Waals surface area (Å²) >= 11 is 1.05. The van der Waals surface area contributed by atoms with Gasteiger partial charge in [0.05, 0.1) is 12.2 Å². The largest absolute Gasteiger partial charge is 0.462 e. The van der Waals surface area contributed by atoms with E-state index in [1.807, 2.05) is 36.4 Å². The molecule has 24 heavy (non-hydrogen) atoms. The molecule has 0 unspecified atom stereocenters. The molecule has 5 nitrogen and oxygen atoms in total. The normalized spacial score (nSPS) is 10.4. The topological polar surface area (TPSA) is 79.2 Å². The average Bonchev–Trinajstić information content (AvgIpc) is 2.89. The van der Waals surface area contributed by atoms with Crippen molar-refractivity contribution < 1.29 is 14.3 Å². The summed E-state index contributed by atoms with van der Waals surface area (Å²) < 4.78 is 4.97. The fraction of sp³-hybridized carbons (Fsp3) is 0.167. The van der Waals surface area contributed by atoms with Crippen LogP contribution in [0.3, 0.4) is 0 Å². The molecule has 0 spiro atoms. The van der Waals surface area contributed by atoms with E-state index in [-0.39, 0.29) is 18.1 Å². The molecule has 1 amide bonds. The van der Waals surface area contributed by atoms with Crippen LogP contribution >= 0.6 is 11.3 Å². The Bertz CT molecular complexity index is 817. The van der Waals surface area contributed by atoms with E-state index >= 15 is 0 Å². The first-order chi connectivity index (χ1) is 11.6. The molecule has 0 aliphatic heterocycles. The lowest BCUT2D eigenvalue weighted by Crippen LogP contribution is -2.07. The summed E-state index contributed by atoms with van der Waals surface area (Å²) in [7, 11) is 0. The number of anilines is 1. The van der Waals surface area contributed by atoms with Crippen LogP contribution in [0.25, 0.3) is 6.08 Å². The molecule has 1 aromatic heterocycles. The fourth-order valence-corrected chi connectivity index (χ4v) is 3.07. The van der Waals surface area contributed by atoms with Gasteiger partial charge in [-0.2, -0.15) is 5.26 Å². The van der Waals surface area contributed by atoms with Gasteiger partial charge >= 0.3 is 5.97 Å². The van der Waals surface area contributed by atoms with Gasteiger partial charge in [0.25, 0.3) is 0 Å². The highest BCUT2D eigenvalue weighted by Crippen LogP contribution is 2.33. The predicted molar refractivity (Wildman–Crippen MR) is 93.8 cm³/mol.